The van der Waals surface area contributed by atoms with E-state index in [0.29, 0.717) is 0 Å². The fraction of sp³-hybridized carbons (Fsp3) is 0. The molecule has 5 N–H and O–H groups in total. The molecule has 0 amide bonds. The highest BCUT2D eigenvalue weighted by atomic mass is 32.3. The van der Waals surface area contributed by atoms with E-state index in [0.717, 1.165) is 0 Å². The van der Waals surface area contributed by atoms with E-state index in [-0.39, 0.29) is 34.7 Å². The van der Waals surface area contributed by atoms with Gasteiger partial charge in [0.1, 0.15) is 0 Å². The summed E-state index contributed by atoms with van der Waals surface area (Å²) in [5.74, 6) is 0. The minimum Gasteiger partial charge on any atom is -0.303 e. The van der Waals surface area contributed by atoms with Crippen LogP contribution in [-0.2, 0) is 15.0 Å². The van der Waals surface area contributed by atoms with E-state index in [4.69, 9.17) is 36.8 Å². The van der Waals surface area contributed by atoms with Gasteiger partial charge in [-0.3, -0.25) is 9.11 Å². The normalized spacial score (nSPS) is 9.75. The van der Waals surface area contributed by atoms with E-state index in [1.54, 1.807) is 0 Å². The van der Waals surface area contributed by atoms with E-state index in [2.05, 4.69) is 0 Å². The van der Waals surface area contributed by atoms with Gasteiger partial charge in [-0.05, 0) is 0 Å². The molecule has 0 rings (SSSR count). The highest BCUT2D eigenvalue weighted by molar-refractivity contribution is 7.79. The average Bonchev–Trinajstić information content (AvgIpc) is 1.12. The summed E-state index contributed by atoms with van der Waals surface area (Å²) in [6.45, 7) is 0. The van der Waals surface area contributed by atoms with Gasteiger partial charge in [-0.1, -0.05) is 0 Å². The lowest BCUT2D eigenvalue weighted by atomic mass is 15.8. The van der Waals surface area contributed by atoms with E-state index in [9.17, 15) is 0 Å². The van der Waals surface area contributed by atoms with Gasteiger partial charge in [0.2, 0.25) is 0 Å². The molecule has 0 aromatic rings. The molecule has 0 aliphatic heterocycles. The first kappa shape index (κ1) is 23.1. The molecule has 0 spiro atoms. The second kappa shape index (κ2) is 8.63. The fourth-order valence-corrected chi connectivity index (χ4v) is 0. The molecule has 0 heterocycles. The molecule has 76 valence electrons. The monoisotopic (exact) mass is 256 g/mol. The van der Waals surface area contributed by atoms with Gasteiger partial charge in [0.05, 0.1) is 0 Å². The lowest BCUT2D eigenvalue weighted by Gasteiger charge is -1.82. The maximum Gasteiger partial charge on any atom is 0.466 e. The maximum absolute atomic E-state index is 8.88. The van der Waals surface area contributed by atoms with E-state index in [1.807, 2.05) is 0 Å². The zero-order valence-corrected chi connectivity index (χ0v) is 6.03. The Bertz CT molecular complexity index is 195. The molecular weight excluding hydrogens is 245 g/mol. The van der Waals surface area contributed by atoms with Crippen LogP contribution < -0.4 is 0 Å². The molecule has 0 saturated heterocycles. The molecule has 0 aromatic heterocycles. The smallest absolute Gasteiger partial charge is 0.303 e. The third-order valence-electron chi connectivity index (χ3n) is 0. The number of phosphoric acid groups is 1. The van der Waals surface area contributed by atoms with Crippen molar-refractivity contribution < 1.29 is 36.8 Å². The Kier molecular flexibility index (Phi) is 16.6. The van der Waals surface area contributed by atoms with Gasteiger partial charge in [-0.2, -0.15) is 8.42 Å². The van der Waals surface area contributed by atoms with E-state index < -0.39 is 18.2 Å². The summed E-state index contributed by atoms with van der Waals surface area (Å²) >= 11 is 0. The molecule has 8 nitrogen and oxygen atoms in total. The first-order valence-corrected chi connectivity index (χ1v) is 4.44. The highest BCUT2D eigenvalue weighted by Gasteiger charge is 2.00. The molecule has 0 atom stereocenters. The quantitative estimate of drug-likeness (QED) is 0.167. The van der Waals surface area contributed by atoms with Crippen LogP contribution in [0.25, 0.3) is 0 Å². The van der Waals surface area contributed by atoms with Gasteiger partial charge in [0, 0.05) is 0 Å². The summed E-state index contributed by atoms with van der Waals surface area (Å²) in [7, 11) is -9.31. The maximum atomic E-state index is 8.88. The molecule has 0 fully saturated rings. The van der Waals surface area contributed by atoms with Crippen LogP contribution in [0.3, 0.4) is 0 Å². The van der Waals surface area contributed by atoms with Gasteiger partial charge in [0.15, 0.2) is 34.7 Å². The first-order chi connectivity index (χ1) is 4.00. The predicted octanol–water partition coefficient (Wildman–Crippen LogP) is -3.95. The van der Waals surface area contributed by atoms with Crippen molar-refractivity contribution in [3.05, 3.63) is 0 Å². The van der Waals surface area contributed by atoms with Crippen molar-refractivity contribution in [2.24, 2.45) is 0 Å². The molecular formula is H11Al2O8PS. The summed E-state index contributed by atoms with van der Waals surface area (Å²) in [4.78, 5) is 21.6. The Morgan fingerprint density at radius 1 is 0.917 bits per heavy atom. The topological polar surface area (TPSA) is 152 Å². The molecule has 0 aromatic carbocycles. The third-order valence-corrected chi connectivity index (χ3v) is 0. The van der Waals surface area contributed by atoms with Gasteiger partial charge in [-0.15, -0.1) is 0 Å². The van der Waals surface area contributed by atoms with Crippen LogP contribution in [0.2, 0.25) is 0 Å². The molecule has 0 radical (unpaired) electrons. The minimum atomic E-state index is -4.67. The summed E-state index contributed by atoms with van der Waals surface area (Å²) < 4.78 is 40.5. The van der Waals surface area contributed by atoms with Crippen molar-refractivity contribution in [3.63, 3.8) is 0 Å². The standard InChI is InChI=1S/2Al.H3O4P.H2O4S.6H/c;;2*1-5(2,3)4;;;;;;/h;;(H3,1,2,3,4);(H2,1,2,3,4);;;;;;. The Labute approximate surface area is 89.7 Å². The Hall–Kier alpha value is 1.04. The third kappa shape index (κ3) is 1020. The average molecular weight is 256 g/mol. The van der Waals surface area contributed by atoms with Crippen LogP contribution in [0.1, 0.15) is 0 Å². The van der Waals surface area contributed by atoms with Crippen LogP contribution in [-0.4, -0.2) is 66.9 Å². The molecule has 0 aliphatic rings. The highest BCUT2D eigenvalue weighted by Crippen LogP contribution is 2.25. The second-order valence-corrected chi connectivity index (χ2v) is 2.88. The molecule has 0 bridgehead atoms. The summed E-state index contributed by atoms with van der Waals surface area (Å²) in [5, 5.41) is 0. The molecule has 12 heavy (non-hydrogen) atoms. The van der Waals surface area contributed by atoms with Crippen molar-refractivity contribution in [2.75, 3.05) is 0 Å². The summed E-state index contributed by atoms with van der Waals surface area (Å²) in [5.41, 5.74) is 0. The predicted molar refractivity (Wildman–Crippen MR) is 48.3 cm³/mol. The van der Waals surface area contributed by atoms with Crippen LogP contribution in [0.5, 0.6) is 0 Å². The molecule has 0 saturated carbocycles. The molecule has 0 aliphatic carbocycles. The zero-order chi connectivity index (χ0) is 9.00. The van der Waals surface area contributed by atoms with Gasteiger partial charge >= 0.3 is 18.2 Å². The van der Waals surface area contributed by atoms with Crippen LogP contribution >= 0.6 is 7.82 Å². The van der Waals surface area contributed by atoms with Crippen molar-refractivity contribution in [3.8, 4) is 0 Å². The first-order valence-electron chi connectivity index (χ1n) is 1.48. The number of hydrogen-bond acceptors (Lipinski definition) is 3. The van der Waals surface area contributed by atoms with E-state index >= 15 is 0 Å². The number of hydrogen-bond donors (Lipinski definition) is 5. The van der Waals surface area contributed by atoms with Gasteiger partial charge < -0.3 is 14.7 Å². The van der Waals surface area contributed by atoms with Crippen LogP contribution in [0.15, 0.2) is 0 Å². The van der Waals surface area contributed by atoms with Crippen molar-refractivity contribution in [1.82, 2.24) is 0 Å². The van der Waals surface area contributed by atoms with Gasteiger partial charge in [-0.25, -0.2) is 4.57 Å². The van der Waals surface area contributed by atoms with Crippen molar-refractivity contribution in [1.29, 1.82) is 0 Å². The van der Waals surface area contributed by atoms with E-state index in [1.165, 1.54) is 0 Å². The van der Waals surface area contributed by atoms with Crippen LogP contribution in [0, 0.1) is 0 Å². The molecule has 0 unspecified atom stereocenters. The lowest BCUT2D eigenvalue weighted by molar-refractivity contribution is 0.275. The summed E-state index contributed by atoms with van der Waals surface area (Å²) in [6.07, 6.45) is 0. The summed E-state index contributed by atoms with van der Waals surface area (Å²) in [6, 6.07) is 0. The Morgan fingerprint density at radius 3 is 0.917 bits per heavy atom. The fourth-order valence-electron chi connectivity index (χ4n) is 0. The minimum absolute atomic E-state index is 0. The van der Waals surface area contributed by atoms with Crippen molar-refractivity contribution in [2.45, 2.75) is 0 Å². The zero-order valence-electron chi connectivity index (χ0n) is 4.32. The lowest BCUT2D eigenvalue weighted by Crippen LogP contribution is -1.89. The van der Waals surface area contributed by atoms with Crippen LogP contribution in [0.4, 0.5) is 0 Å². The largest absolute Gasteiger partial charge is 0.466 e. The Balaban J connectivity index is -0.0000000457. The SMILES string of the molecule is O=P(O)(O)O.O=S(=O)(O)O.[AlH3].[AlH3]. The number of rotatable bonds is 0. The Morgan fingerprint density at radius 2 is 0.917 bits per heavy atom. The van der Waals surface area contributed by atoms with Crippen molar-refractivity contribution >= 4 is 52.9 Å². The van der Waals surface area contributed by atoms with Gasteiger partial charge in [0.25, 0.3) is 0 Å². The molecule has 12 heteroatoms. The second-order valence-electron chi connectivity index (χ2n) is 0.961.